The maximum absolute atomic E-state index is 12.5. The zero-order valence-corrected chi connectivity index (χ0v) is 12.9. The fraction of sp³-hybridized carbons (Fsp3) is 0.562. The Bertz CT molecular complexity index is 660. The highest BCUT2D eigenvalue weighted by Gasteiger charge is 2.56. The lowest BCUT2D eigenvalue weighted by Gasteiger charge is -2.50. The quantitative estimate of drug-likeness (QED) is 0.767. The van der Waals surface area contributed by atoms with Gasteiger partial charge in [0.1, 0.15) is 18.3 Å². The van der Waals surface area contributed by atoms with Gasteiger partial charge in [-0.05, 0) is 31.5 Å². The molecule has 0 radical (unpaired) electrons. The molecule has 1 unspecified atom stereocenters. The molecule has 2 bridgehead atoms. The Hall–Kier alpha value is -1.67. The van der Waals surface area contributed by atoms with E-state index in [1.165, 1.54) is 0 Å². The second-order valence-corrected chi connectivity index (χ2v) is 6.59. The molecular formula is C16H19NO6. The highest BCUT2D eigenvalue weighted by atomic mass is 16.7. The maximum atomic E-state index is 12.5. The van der Waals surface area contributed by atoms with Crippen molar-refractivity contribution in [3.05, 3.63) is 23.8 Å². The summed E-state index contributed by atoms with van der Waals surface area (Å²) < 4.78 is 22.1. The van der Waals surface area contributed by atoms with Gasteiger partial charge in [0.15, 0.2) is 23.1 Å². The number of rotatable bonds is 1. The summed E-state index contributed by atoms with van der Waals surface area (Å²) in [7, 11) is 0. The van der Waals surface area contributed by atoms with Crippen LogP contribution in [0, 0.1) is 0 Å². The average molecular weight is 321 g/mol. The Morgan fingerprint density at radius 1 is 1.17 bits per heavy atom. The molecule has 124 valence electrons. The summed E-state index contributed by atoms with van der Waals surface area (Å²) in [6, 6.07) is 4.71. The van der Waals surface area contributed by atoms with E-state index in [4.69, 9.17) is 24.7 Å². The predicted molar refractivity (Wildman–Crippen MR) is 78.1 cm³/mol. The Kier molecular flexibility index (Phi) is 3.18. The minimum atomic E-state index is -1.09. The SMILES string of the molecule is CC1(C)O[C@@H]2C(=O)[C@H](O1)C(c1ccc3c(c1)OCO3)[C@@H](N)[C@@H]2O. The molecule has 1 saturated heterocycles. The Morgan fingerprint density at radius 2 is 1.87 bits per heavy atom. The van der Waals surface area contributed by atoms with Gasteiger partial charge in [0.05, 0.1) is 0 Å². The van der Waals surface area contributed by atoms with Crippen molar-refractivity contribution in [1.82, 2.24) is 0 Å². The first kappa shape index (κ1) is 14.9. The van der Waals surface area contributed by atoms with Gasteiger partial charge in [0.25, 0.3) is 0 Å². The van der Waals surface area contributed by atoms with Crippen molar-refractivity contribution in [3.63, 3.8) is 0 Å². The Balaban J connectivity index is 1.75. The van der Waals surface area contributed by atoms with Gasteiger partial charge < -0.3 is 29.8 Å². The first-order chi connectivity index (χ1) is 10.9. The van der Waals surface area contributed by atoms with Gasteiger partial charge in [-0.1, -0.05) is 6.07 Å². The highest BCUT2D eigenvalue weighted by molar-refractivity contribution is 5.91. The van der Waals surface area contributed by atoms with Crippen LogP contribution in [0.2, 0.25) is 0 Å². The van der Waals surface area contributed by atoms with Crippen LogP contribution in [0.3, 0.4) is 0 Å². The third-order valence-electron chi connectivity index (χ3n) is 4.61. The maximum Gasteiger partial charge on any atom is 0.231 e. The van der Waals surface area contributed by atoms with E-state index in [2.05, 4.69) is 0 Å². The highest BCUT2D eigenvalue weighted by Crippen LogP contribution is 2.43. The smallest absolute Gasteiger partial charge is 0.231 e. The van der Waals surface area contributed by atoms with Crippen LogP contribution in [-0.4, -0.2) is 47.8 Å². The van der Waals surface area contributed by atoms with Crippen LogP contribution in [0.25, 0.3) is 0 Å². The van der Waals surface area contributed by atoms with Gasteiger partial charge in [0, 0.05) is 12.0 Å². The topological polar surface area (TPSA) is 100 Å². The number of carbonyl (C=O) groups excluding carboxylic acids is 1. The lowest BCUT2D eigenvalue weighted by molar-refractivity contribution is -0.307. The fourth-order valence-corrected chi connectivity index (χ4v) is 3.54. The van der Waals surface area contributed by atoms with E-state index >= 15 is 0 Å². The van der Waals surface area contributed by atoms with Crippen LogP contribution < -0.4 is 15.2 Å². The van der Waals surface area contributed by atoms with Gasteiger partial charge >= 0.3 is 0 Å². The molecule has 5 atom stereocenters. The molecule has 23 heavy (non-hydrogen) atoms. The van der Waals surface area contributed by atoms with Crippen molar-refractivity contribution >= 4 is 5.78 Å². The van der Waals surface area contributed by atoms with Gasteiger partial charge in [-0.25, -0.2) is 0 Å². The molecule has 7 nitrogen and oxygen atoms in total. The number of aliphatic hydroxyl groups excluding tert-OH is 1. The van der Waals surface area contributed by atoms with Crippen LogP contribution >= 0.6 is 0 Å². The Labute approximate surface area is 133 Å². The average Bonchev–Trinajstić information content (AvgIpc) is 2.96. The van der Waals surface area contributed by atoms with Crippen LogP contribution in [0.5, 0.6) is 11.5 Å². The molecule has 0 aromatic heterocycles. The van der Waals surface area contributed by atoms with Gasteiger partial charge in [-0.3, -0.25) is 4.79 Å². The monoisotopic (exact) mass is 321 g/mol. The minimum absolute atomic E-state index is 0.167. The number of hydrogen-bond donors (Lipinski definition) is 2. The molecule has 1 aliphatic carbocycles. The lowest BCUT2D eigenvalue weighted by Crippen LogP contribution is -2.68. The van der Waals surface area contributed by atoms with E-state index < -0.39 is 36.1 Å². The van der Waals surface area contributed by atoms with Crippen molar-refractivity contribution in [2.45, 2.75) is 49.9 Å². The first-order valence-electron chi connectivity index (χ1n) is 7.60. The molecule has 2 aliphatic heterocycles. The van der Waals surface area contributed by atoms with Crippen molar-refractivity contribution in [2.24, 2.45) is 5.73 Å². The molecule has 1 aromatic rings. The number of aliphatic hydroxyl groups is 1. The molecule has 4 rings (SSSR count). The molecule has 1 aromatic carbocycles. The number of fused-ring (bicyclic) bond motifs is 3. The van der Waals surface area contributed by atoms with Gasteiger partial charge in [-0.15, -0.1) is 0 Å². The van der Waals surface area contributed by atoms with Crippen molar-refractivity contribution in [2.75, 3.05) is 6.79 Å². The van der Waals surface area contributed by atoms with E-state index in [1.54, 1.807) is 26.0 Å². The first-order valence-corrected chi connectivity index (χ1v) is 7.60. The number of carbonyl (C=O) groups is 1. The molecular weight excluding hydrogens is 302 g/mol. The van der Waals surface area contributed by atoms with Gasteiger partial charge in [-0.2, -0.15) is 0 Å². The molecule has 3 N–H and O–H groups in total. The molecule has 2 heterocycles. The summed E-state index contributed by atoms with van der Waals surface area (Å²) in [6.45, 7) is 3.61. The molecule has 0 amide bonds. The third-order valence-corrected chi connectivity index (χ3v) is 4.61. The van der Waals surface area contributed by atoms with Crippen molar-refractivity contribution < 1.29 is 28.8 Å². The van der Waals surface area contributed by atoms with E-state index in [9.17, 15) is 9.90 Å². The summed E-state index contributed by atoms with van der Waals surface area (Å²) in [5.74, 6) is -0.465. The number of hydrogen-bond acceptors (Lipinski definition) is 7. The Morgan fingerprint density at radius 3 is 2.65 bits per heavy atom. The van der Waals surface area contributed by atoms with E-state index in [1.807, 2.05) is 6.07 Å². The molecule has 0 spiro atoms. The summed E-state index contributed by atoms with van der Waals surface area (Å²) in [6.07, 6.45) is -2.80. The minimum Gasteiger partial charge on any atom is -0.454 e. The van der Waals surface area contributed by atoms with Crippen molar-refractivity contribution in [1.29, 1.82) is 0 Å². The summed E-state index contributed by atoms with van der Waals surface area (Å²) in [5.41, 5.74) is 6.98. The van der Waals surface area contributed by atoms with Crippen LogP contribution in [0.1, 0.15) is 25.3 Å². The number of Topliss-reactive ketones (excluding diaryl/α,β-unsaturated/α-hetero) is 1. The van der Waals surface area contributed by atoms with Crippen LogP contribution in [-0.2, 0) is 14.3 Å². The molecule has 2 fully saturated rings. The fourth-order valence-electron chi connectivity index (χ4n) is 3.54. The van der Waals surface area contributed by atoms with Crippen LogP contribution in [0.15, 0.2) is 18.2 Å². The van der Waals surface area contributed by atoms with E-state index in [-0.39, 0.29) is 12.6 Å². The summed E-state index contributed by atoms with van der Waals surface area (Å²) >= 11 is 0. The van der Waals surface area contributed by atoms with E-state index in [0.29, 0.717) is 11.5 Å². The largest absolute Gasteiger partial charge is 0.454 e. The van der Waals surface area contributed by atoms with Gasteiger partial charge in [0.2, 0.25) is 6.79 Å². The zero-order chi connectivity index (χ0) is 16.4. The lowest BCUT2D eigenvalue weighted by atomic mass is 9.73. The number of ketones is 1. The number of nitrogens with two attached hydrogens (primary N) is 1. The molecule has 1 saturated carbocycles. The van der Waals surface area contributed by atoms with Crippen LogP contribution in [0.4, 0.5) is 0 Å². The predicted octanol–water partition coefficient (Wildman–Crippen LogP) is 0.290. The molecule has 7 heteroatoms. The normalized spacial score (nSPS) is 37.7. The molecule has 3 aliphatic rings. The summed E-state index contributed by atoms with van der Waals surface area (Å²) in [5, 5.41) is 10.4. The number of ether oxygens (including phenoxy) is 4. The third kappa shape index (κ3) is 2.23. The second kappa shape index (κ2) is 4.91. The standard InChI is InChI=1S/C16H19NO6/c1-16(2)22-14-10(11(17)12(18)15(23-16)13(14)19)7-3-4-8-9(5-7)21-6-20-8/h3-5,10-12,14-15,18H,6,17H2,1-2H3/t10?,11-,12+,14-,15+/m1/s1. The van der Waals surface area contributed by atoms with E-state index in [0.717, 1.165) is 5.56 Å². The summed E-state index contributed by atoms with van der Waals surface area (Å²) in [4.78, 5) is 12.5. The van der Waals surface area contributed by atoms with Crippen molar-refractivity contribution in [3.8, 4) is 11.5 Å². The number of benzene rings is 1. The zero-order valence-electron chi connectivity index (χ0n) is 12.9. The second-order valence-electron chi connectivity index (χ2n) is 6.59.